The van der Waals surface area contributed by atoms with Gasteiger partial charge in [-0.1, -0.05) is 12.1 Å². The summed E-state index contributed by atoms with van der Waals surface area (Å²) in [5.41, 5.74) is 9.01. The van der Waals surface area contributed by atoms with Crippen LogP contribution in [0.15, 0.2) is 47.4 Å². The first-order valence-corrected chi connectivity index (χ1v) is 10.4. The second-order valence-electron chi connectivity index (χ2n) is 7.94. The van der Waals surface area contributed by atoms with Gasteiger partial charge in [-0.05, 0) is 56.9 Å². The van der Waals surface area contributed by atoms with Crippen LogP contribution in [-0.2, 0) is 0 Å². The largest absolute Gasteiger partial charge is 0.378 e. The summed E-state index contributed by atoms with van der Waals surface area (Å²) >= 11 is 0. The lowest BCUT2D eigenvalue weighted by Gasteiger charge is -2.28. The molecule has 1 unspecified atom stereocenters. The van der Waals surface area contributed by atoms with Crippen molar-refractivity contribution in [2.75, 3.05) is 23.3 Å². The summed E-state index contributed by atoms with van der Waals surface area (Å²) in [7, 11) is 0. The lowest BCUT2D eigenvalue weighted by molar-refractivity contribution is 0.100. The Morgan fingerprint density at radius 2 is 1.90 bits per heavy atom. The molecule has 1 atom stereocenters. The third-order valence-electron chi connectivity index (χ3n) is 5.62. The number of para-hydroxylation sites is 1. The fraction of sp³-hybridized carbons (Fsp3) is 0.348. The monoisotopic (exact) mass is 405 g/mol. The second kappa shape index (κ2) is 8.18. The molecule has 0 radical (unpaired) electrons. The Morgan fingerprint density at radius 1 is 1.17 bits per heavy atom. The third kappa shape index (κ3) is 3.87. The molecule has 0 spiro atoms. The van der Waals surface area contributed by atoms with Crippen molar-refractivity contribution in [3.05, 3.63) is 69.6 Å². The second-order valence-corrected chi connectivity index (χ2v) is 7.94. The average molecular weight is 406 g/mol. The number of pyridine rings is 1. The van der Waals surface area contributed by atoms with E-state index >= 15 is 0 Å². The summed E-state index contributed by atoms with van der Waals surface area (Å²) in [6, 6.07) is 10.6. The zero-order chi connectivity index (χ0) is 21.3. The summed E-state index contributed by atoms with van der Waals surface area (Å²) < 4.78 is 1.61. The number of primary amides is 1. The molecule has 2 aromatic heterocycles. The number of anilines is 2. The molecule has 0 saturated carbocycles. The number of aromatic nitrogens is 2. The van der Waals surface area contributed by atoms with Crippen molar-refractivity contribution >= 4 is 23.1 Å². The molecule has 1 fully saturated rings. The topological polar surface area (TPSA) is 92.7 Å². The standard InChI is InChI=1S/C23H27N5O2/c1-15-12-18(16(2)25-19-9-5-4-8-17(19)22(24)30)23-26-20(13-21(29)28(23)14-15)27-10-6-3-7-11-27/h4-5,8-9,12-14,16,25H,3,6-7,10-11H2,1-2H3,(H2,24,30). The minimum Gasteiger partial charge on any atom is -0.378 e. The van der Waals surface area contributed by atoms with Crippen LogP contribution < -0.4 is 21.5 Å². The van der Waals surface area contributed by atoms with Gasteiger partial charge >= 0.3 is 0 Å². The van der Waals surface area contributed by atoms with Gasteiger partial charge in [0.05, 0.1) is 11.6 Å². The number of nitrogens with two attached hydrogens (primary N) is 1. The summed E-state index contributed by atoms with van der Waals surface area (Å²) in [5, 5.41) is 3.38. The molecule has 7 heteroatoms. The number of carbonyl (C=O) groups is 1. The molecule has 156 valence electrons. The Morgan fingerprint density at radius 3 is 2.63 bits per heavy atom. The predicted octanol–water partition coefficient (Wildman–Crippen LogP) is 3.27. The van der Waals surface area contributed by atoms with Crippen molar-refractivity contribution < 1.29 is 4.79 Å². The summed E-state index contributed by atoms with van der Waals surface area (Å²) in [6.45, 7) is 5.79. The van der Waals surface area contributed by atoms with Gasteiger partial charge < -0.3 is 16.0 Å². The highest BCUT2D eigenvalue weighted by Crippen LogP contribution is 2.26. The highest BCUT2D eigenvalue weighted by molar-refractivity contribution is 5.98. The smallest absolute Gasteiger partial charge is 0.259 e. The zero-order valence-electron chi connectivity index (χ0n) is 17.4. The van der Waals surface area contributed by atoms with E-state index in [9.17, 15) is 9.59 Å². The van der Waals surface area contributed by atoms with Gasteiger partial charge in [0.1, 0.15) is 11.5 Å². The maximum atomic E-state index is 12.9. The minimum absolute atomic E-state index is 0.0877. The Hall–Kier alpha value is -3.35. The number of hydrogen-bond acceptors (Lipinski definition) is 5. The first-order chi connectivity index (χ1) is 14.4. The van der Waals surface area contributed by atoms with Gasteiger partial charge in [-0.3, -0.25) is 14.0 Å². The van der Waals surface area contributed by atoms with Gasteiger partial charge in [0.2, 0.25) is 0 Å². The first kappa shape index (κ1) is 19.9. The van der Waals surface area contributed by atoms with E-state index in [1.54, 1.807) is 22.6 Å². The number of nitrogens with zero attached hydrogens (tertiary/aromatic N) is 3. The van der Waals surface area contributed by atoms with Crippen LogP contribution in [0.5, 0.6) is 0 Å². The molecule has 1 saturated heterocycles. The van der Waals surface area contributed by atoms with E-state index in [0.717, 1.165) is 42.9 Å². The molecule has 1 amide bonds. The van der Waals surface area contributed by atoms with Crippen LogP contribution in [0.25, 0.3) is 5.65 Å². The molecule has 4 rings (SSSR count). The number of nitrogens with one attached hydrogen (secondary N) is 1. The molecule has 0 aliphatic carbocycles. The highest BCUT2D eigenvalue weighted by atomic mass is 16.1. The van der Waals surface area contributed by atoms with E-state index in [-0.39, 0.29) is 11.6 Å². The van der Waals surface area contributed by atoms with E-state index in [1.165, 1.54) is 6.42 Å². The number of carbonyl (C=O) groups excluding carboxylic acids is 1. The molecule has 1 aliphatic rings. The normalized spacial score (nSPS) is 15.2. The maximum absolute atomic E-state index is 12.9. The van der Waals surface area contributed by atoms with Gasteiger partial charge in [0.25, 0.3) is 11.5 Å². The van der Waals surface area contributed by atoms with Gasteiger partial charge in [-0.25, -0.2) is 4.98 Å². The van der Waals surface area contributed by atoms with Crippen LogP contribution in [0, 0.1) is 6.92 Å². The van der Waals surface area contributed by atoms with Gasteiger partial charge in [0.15, 0.2) is 0 Å². The molecular weight excluding hydrogens is 378 g/mol. The van der Waals surface area contributed by atoms with Crippen LogP contribution >= 0.6 is 0 Å². The number of rotatable bonds is 5. The number of fused-ring (bicyclic) bond motifs is 1. The van der Waals surface area contributed by atoms with E-state index in [1.807, 2.05) is 38.2 Å². The Bertz CT molecular complexity index is 1150. The molecule has 30 heavy (non-hydrogen) atoms. The number of hydrogen-bond donors (Lipinski definition) is 2. The maximum Gasteiger partial charge on any atom is 0.259 e. The first-order valence-electron chi connectivity index (χ1n) is 10.4. The van der Waals surface area contributed by atoms with Crippen molar-refractivity contribution in [3.8, 4) is 0 Å². The van der Waals surface area contributed by atoms with E-state index in [0.29, 0.717) is 16.9 Å². The lowest BCUT2D eigenvalue weighted by atomic mass is 10.1. The lowest BCUT2D eigenvalue weighted by Crippen LogP contribution is -2.32. The quantitative estimate of drug-likeness (QED) is 0.680. The van der Waals surface area contributed by atoms with Gasteiger partial charge in [-0.2, -0.15) is 0 Å². The zero-order valence-corrected chi connectivity index (χ0v) is 17.4. The molecule has 3 heterocycles. The number of benzene rings is 1. The van der Waals surface area contributed by atoms with Gasteiger partial charge in [-0.15, -0.1) is 0 Å². The Kier molecular flexibility index (Phi) is 5.44. The highest BCUT2D eigenvalue weighted by Gasteiger charge is 2.19. The molecule has 0 bridgehead atoms. The predicted molar refractivity (Wildman–Crippen MR) is 119 cm³/mol. The summed E-state index contributed by atoms with van der Waals surface area (Å²) in [5.74, 6) is 0.246. The van der Waals surface area contributed by atoms with Crippen LogP contribution in [0.1, 0.15) is 53.7 Å². The van der Waals surface area contributed by atoms with Crippen molar-refractivity contribution in [1.82, 2.24) is 9.38 Å². The summed E-state index contributed by atoms with van der Waals surface area (Å²) in [4.78, 5) is 31.7. The van der Waals surface area contributed by atoms with Crippen molar-refractivity contribution in [3.63, 3.8) is 0 Å². The third-order valence-corrected chi connectivity index (χ3v) is 5.62. The van der Waals surface area contributed by atoms with Crippen molar-refractivity contribution in [2.24, 2.45) is 5.73 Å². The van der Waals surface area contributed by atoms with Crippen molar-refractivity contribution in [2.45, 2.75) is 39.2 Å². The fourth-order valence-electron chi connectivity index (χ4n) is 4.10. The van der Waals surface area contributed by atoms with Crippen LogP contribution in [0.4, 0.5) is 11.5 Å². The SMILES string of the molecule is Cc1cc(C(C)Nc2ccccc2C(N)=O)c2nc(N3CCCCC3)cc(=O)n2c1. The minimum atomic E-state index is -0.485. The van der Waals surface area contributed by atoms with Crippen LogP contribution in [0.2, 0.25) is 0 Å². The molecule has 7 nitrogen and oxygen atoms in total. The van der Waals surface area contributed by atoms with Crippen LogP contribution in [0.3, 0.4) is 0 Å². The molecule has 3 N–H and O–H groups in total. The van der Waals surface area contributed by atoms with E-state index < -0.39 is 5.91 Å². The summed E-state index contributed by atoms with van der Waals surface area (Å²) in [6.07, 6.45) is 5.26. The number of aryl methyl sites for hydroxylation is 1. The average Bonchev–Trinajstić information content (AvgIpc) is 2.74. The van der Waals surface area contributed by atoms with E-state index in [4.69, 9.17) is 10.7 Å². The van der Waals surface area contributed by atoms with Crippen molar-refractivity contribution in [1.29, 1.82) is 0 Å². The molecule has 1 aliphatic heterocycles. The number of amides is 1. The van der Waals surface area contributed by atoms with Crippen LogP contribution in [-0.4, -0.2) is 28.4 Å². The fourth-order valence-corrected chi connectivity index (χ4v) is 4.10. The number of piperidine rings is 1. The molecule has 1 aromatic carbocycles. The van der Waals surface area contributed by atoms with E-state index in [2.05, 4.69) is 10.2 Å². The Balaban J connectivity index is 1.78. The van der Waals surface area contributed by atoms with Gasteiger partial charge in [0, 0.05) is 36.6 Å². The molecular formula is C23H27N5O2. The Labute approximate surface area is 175 Å². The molecule has 3 aromatic rings.